The zero-order valence-corrected chi connectivity index (χ0v) is 17.3. The number of hydrogen-bond donors (Lipinski definition) is 1. The number of aromatic nitrogens is 5. The molecule has 2 aromatic heterocycles. The number of imidazole rings is 1. The lowest BCUT2D eigenvalue weighted by atomic mass is 10.1. The molecule has 0 aliphatic rings. The van der Waals surface area contributed by atoms with Crippen molar-refractivity contribution in [1.82, 2.24) is 24.3 Å². The lowest BCUT2D eigenvalue weighted by molar-refractivity contribution is -0.137. The first-order valence-electron chi connectivity index (χ1n) is 9.40. The van der Waals surface area contributed by atoms with Crippen molar-refractivity contribution in [2.24, 2.45) is 7.05 Å². The first-order valence-corrected chi connectivity index (χ1v) is 9.40. The van der Waals surface area contributed by atoms with Crippen LogP contribution in [0.15, 0.2) is 48.9 Å². The zero-order valence-electron chi connectivity index (χ0n) is 17.3. The summed E-state index contributed by atoms with van der Waals surface area (Å²) in [4.78, 5) is 8.45. The highest BCUT2D eigenvalue weighted by molar-refractivity contribution is 5.66. The van der Waals surface area contributed by atoms with Gasteiger partial charge < -0.3 is 14.6 Å². The Balaban J connectivity index is 1.70. The second kappa shape index (κ2) is 7.98. The number of alkyl halides is 3. The van der Waals surface area contributed by atoms with Crippen LogP contribution in [0.1, 0.15) is 11.3 Å². The molecule has 0 atom stereocenters. The number of nitrogens with one attached hydrogen (secondary N) is 1. The fourth-order valence-electron chi connectivity index (χ4n) is 3.20. The molecule has 2 aromatic carbocycles. The molecular formula is C21H18F4N6O. The number of ether oxygens (including phenoxy) is 1. The van der Waals surface area contributed by atoms with Crippen LogP contribution in [0.25, 0.3) is 17.1 Å². The van der Waals surface area contributed by atoms with Gasteiger partial charge in [0.25, 0.3) is 0 Å². The van der Waals surface area contributed by atoms with Crippen LogP contribution in [0.4, 0.5) is 29.2 Å². The van der Waals surface area contributed by atoms with E-state index in [4.69, 9.17) is 4.74 Å². The zero-order chi connectivity index (χ0) is 23.0. The average molecular weight is 446 g/mol. The van der Waals surface area contributed by atoms with Gasteiger partial charge in [-0.15, -0.1) is 5.10 Å². The molecule has 32 heavy (non-hydrogen) atoms. The standard InChI is InChI=1S/C21H18F4N6O/c1-12-10-31(11-26-12)16-8-7-13(9-17(16)32-3)19-28-20(30(2)29-19)27-18-14(21(23,24)25)5-4-6-15(18)22/h4-11H,1-3H3,(H,27,28,29). The highest BCUT2D eigenvalue weighted by Gasteiger charge is 2.35. The first kappa shape index (κ1) is 21.3. The van der Waals surface area contributed by atoms with E-state index in [0.717, 1.165) is 29.6 Å². The average Bonchev–Trinajstić information content (AvgIpc) is 3.34. The molecule has 11 heteroatoms. The number of methoxy groups -OCH3 is 1. The highest BCUT2D eigenvalue weighted by atomic mass is 19.4. The quantitative estimate of drug-likeness (QED) is 0.442. The Morgan fingerprint density at radius 3 is 2.56 bits per heavy atom. The Labute approximate surface area is 180 Å². The maximum Gasteiger partial charge on any atom is 0.418 e. The van der Waals surface area contributed by atoms with E-state index in [9.17, 15) is 17.6 Å². The topological polar surface area (TPSA) is 69.8 Å². The predicted molar refractivity (Wildman–Crippen MR) is 110 cm³/mol. The van der Waals surface area contributed by atoms with Crippen LogP contribution in [0, 0.1) is 12.7 Å². The fourth-order valence-corrected chi connectivity index (χ4v) is 3.20. The second-order valence-corrected chi connectivity index (χ2v) is 6.98. The van der Waals surface area contributed by atoms with E-state index >= 15 is 0 Å². The number of nitrogens with zero attached hydrogens (tertiary/aromatic N) is 5. The summed E-state index contributed by atoms with van der Waals surface area (Å²) in [6.07, 6.45) is -1.24. The van der Waals surface area contributed by atoms with Gasteiger partial charge in [0.2, 0.25) is 5.95 Å². The Hall–Kier alpha value is -3.89. The van der Waals surface area contributed by atoms with E-state index in [1.54, 1.807) is 29.1 Å². The number of anilines is 2. The third kappa shape index (κ3) is 4.01. The summed E-state index contributed by atoms with van der Waals surface area (Å²) in [6, 6.07) is 7.98. The minimum absolute atomic E-state index is 0.0520. The molecule has 0 fully saturated rings. The van der Waals surface area contributed by atoms with Crippen LogP contribution in [-0.2, 0) is 13.2 Å². The van der Waals surface area contributed by atoms with Gasteiger partial charge >= 0.3 is 6.18 Å². The van der Waals surface area contributed by atoms with Gasteiger partial charge in [-0.25, -0.2) is 14.1 Å². The molecule has 0 radical (unpaired) electrons. The number of halogens is 4. The number of aryl methyl sites for hydroxylation is 2. The molecule has 0 aliphatic heterocycles. The van der Waals surface area contributed by atoms with E-state index in [-0.39, 0.29) is 11.8 Å². The van der Waals surface area contributed by atoms with Crippen molar-refractivity contribution in [2.45, 2.75) is 13.1 Å². The summed E-state index contributed by atoms with van der Waals surface area (Å²) in [7, 11) is 3.01. The molecule has 166 valence electrons. The summed E-state index contributed by atoms with van der Waals surface area (Å²) >= 11 is 0. The summed E-state index contributed by atoms with van der Waals surface area (Å²) in [5, 5.41) is 6.67. The summed E-state index contributed by atoms with van der Waals surface area (Å²) < 4.78 is 62.6. The molecule has 0 saturated heterocycles. The highest BCUT2D eigenvalue weighted by Crippen LogP contribution is 2.37. The lowest BCUT2D eigenvalue weighted by Crippen LogP contribution is -2.11. The van der Waals surface area contributed by atoms with Gasteiger partial charge in [-0.05, 0) is 37.3 Å². The molecule has 0 bridgehead atoms. The summed E-state index contributed by atoms with van der Waals surface area (Å²) in [5.41, 5.74) is 0.293. The molecular weight excluding hydrogens is 428 g/mol. The third-order valence-corrected chi connectivity index (χ3v) is 4.75. The third-order valence-electron chi connectivity index (χ3n) is 4.75. The van der Waals surface area contributed by atoms with Crippen molar-refractivity contribution < 1.29 is 22.3 Å². The van der Waals surface area contributed by atoms with Crippen molar-refractivity contribution in [3.05, 3.63) is 66.0 Å². The molecule has 0 saturated carbocycles. The smallest absolute Gasteiger partial charge is 0.418 e. The van der Waals surface area contributed by atoms with Crippen LogP contribution < -0.4 is 10.1 Å². The monoisotopic (exact) mass is 446 g/mol. The molecule has 0 aliphatic carbocycles. The van der Waals surface area contributed by atoms with Crippen molar-refractivity contribution in [1.29, 1.82) is 0 Å². The van der Waals surface area contributed by atoms with E-state index in [2.05, 4.69) is 20.4 Å². The van der Waals surface area contributed by atoms with Crippen molar-refractivity contribution in [2.75, 3.05) is 12.4 Å². The van der Waals surface area contributed by atoms with Crippen LogP contribution in [-0.4, -0.2) is 31.4 Å². The van der Waals surface area contributed by atoms with E-state index in [1.165, 1.54) is 18.8 Å². The Kier molecular flexibility index (Phi) is 5.33. The lowest BCUT2D eigenvalue weighted by Gasteiger charge is -2.14. The molecule has 4 rings (SSSR count). The second-order valence-electron chi connectivity index (χ2n) is 6.98. The van der Waals surface area contributed by atoms with Crippen molar-refractivity contribution in [3.63, 3.8) is 0 Å². The van der Waals surface area contributed by atoms with Crippen molar-refractivity contribution in [3.8, 4) is 22.8 Å². The Morgan fingerprint density at radius 2 is 1.91 bits per heavy atom. The SMILES string of the molecule is COc1cc(-c2nc(Nc3c(F)cccc3C(F)(F)F)n(C)n2)ccc1-n1cnc(C)c1. The van der Waals surface area contributed by atoms with Gasteiger partial charge in [-0.1, -0.05) is 6.07 Å². The number of para-hydroxylation sites is 1. The van der Waals surface area contributed by atoms with Crippen LogP contribution in [0.5, 0.6) is 5.75 Å². The first-order chi connectivity index (χ1) is 15.2. The predicted octanol–water partition coefficient (Wildman–Crippen LogP) is 4.89. The number of hydrogen-bond acceptors (Lipinski definition) is 5. The maximum atomic E-state index is 14.2. The Bertz CT molecular complexity index is 1280. The van der Waals surface area contributed by atoms with Gasteiger partial charge in [0, 0.05) is 18.8 Å². The summed E-state index contributed by atoms with van der Waals surface area (Å²) in [5.74, 6) is -0.350. The van der Waals surface area contributed by atoms with Gasteiger partial charge in [-0.3, -0.25) is 0 Å². The minimum atomic E-state index is -4.74. The van der Waals surface area contributed by atoms with Gasteiger partial charge in [0.15, 0.2) is 5.82 Å². The van der Waals surface area contributed by atoms with E-state index in [0.29, 0.717) is 11.3 Å². The van der Waals surface area contributed by atoms with Gasteiger partial charge in [-0.2, -0.15) is 18.2 Å². The van der Waals surface area contributed by atoms with Gasteiger partial charge in [0.05, 0.1) is 36.1 Å². The van der Waals surface area contributed by atoms with Crippen LogP contribution >= 0.6 is 0 Å². The molecule has 2 heterocycles. The number of benzene rings is 2. The Morgan fingerprint density at radius 1 is 1.12 bits per heavy atom. The fraction of sp³-hybridized carbons (Fsp3) is 0.190. The molecule has 0 unspecified atom stereocenters. The molecule has 0 amide bonds. The molecule has 0 spiro atoms. The van der Waals surface area contributed by atoms with Crippen molar-refractivity contribution >= 4 is 11.6 Å². The summed E-state index contributed by atoms with van der Waals surface area (Å²) in [6.45, 7) is 1.86. The molecule has 4 aromatic rings. The molecule has 7 nitrogen and oxygen atoms in total. The molecule has 1 N–H and O–H groups in total. The van der Waals surface area contributed by atoms with Gasteiger partial charge in [0.1, 0.15) is 11.6 Å². The minimum Gasteiger partial charge on any atom is -0.495 e. The van der Waals surface area contributed by atoms with Crippen LogP contribution in [0.3, 0.4) is 0 Å². The van der Waals surface area contributed by atoms with E-state index < -0.39 is 23.2 Å². The normalized spacial score (nSPS) is 11.6. The maximum absolute atomic E-state index is 14.2. The number of rotatable bonds is 5. The van der Waals surface area contributed by atoms with E-state index in [1.807, 2.05) is 13.1 Å². The van der Waals surface area contributed by atoms with Crippen LogP contribution in [0.2, 0.25) is 0 Å². The largest absolute Gasteiger partial charge is 0.495 e.